The Hall–Kier alpha value is -1.66. The number of anilines is 1. The molecule has 2 rings (SSSR count). The van der Waals surface area contributed by atoms with Gasteiger partial charge in [0.25, 0.3) is 0 Å². The SMILES string of the molecule is CC(C)OC(=O)c1cccnc1N1CCOC(CN(C)C)C1. The van der Waals surface area contributed by atoms with Gasteiger partial charge >= 0.3 is 5.97 Å². The number of rotatable bonds is 5. The van der Waals surface area contributed by atoms with E-state index in [-0.39, 0.29) is 18.2 Å². The second-order valence-electron chi connectivity index (χ2n) is 6.03. The van der Waals surface area contributed by atoms with Gasteiger partial charge in [0.05, 0.1) is 18.8 Å². The first-order chi connectivity index (χ1) is 10.5. The lowest BCUT2D eigenvalue weighted by molar-refractivity contribution is 0.0239. The van der Waals surface area contributed by atoms with Crippen LogP contribution in [0, 0.1) is 0 Å². The van der Waals surface area contributed by atoms with Gasteiger partial charge in [0.2, 0.25) is 0 Å². The van der Waals surface area contributed by atoms with Crippen LogP contribution in [0.5, 0.6) is 0 Å². The van der Waals surface area contributed by atoms with E-state index >= 15 is 0 Å². The Morgan fingerprint density at radius 1 is 1.55 bits per heavy atom. The van der Waals surface area contributed by atoms with Crippen LogP contribution in [-0.4, -0.2) is 68.4 Å². The van der Waals surface area contributed by atoms with Crippen molar-refractivity contribution in [2.45, 2.75) is 26.1 Å². The largest absolute Gasteiger partial charge is 0.459 e. The summed E-state index contributed by atoms with van der Waals surface area (Å²) in [4.78, 5) is 20.9. The molecule has 1 saturated heterocycles. The van der Waals surface area contributed by atoms with Crippen LogP contribution in [0.3, 0.4) is 0 Å². The predicted molar refractivity (Wildman–Crippen MR) is 85.3 cm³/mol. The maximum Gasteiger partial charge on any atom is 0.342 e. The van der Waals surface area contributed by atoms with Gasteiger partial charge in [0.15, 0.2) is 0 Å². The number of esters is 1. The third-order valence-corrected chi connectivity index (χ3v) is 3.36. The minimum atomic E-state index is -0.325. The summed E-state index contributed by atoms with van der Waals surface area (Å²) in [5.41, 5.74) is 0.515. The molecule has 1 aliphatic heterocycles. The molecule has 1 aromatic heterocycles. The fourth-order valence-corrected chi connectivity index (χ4v) is 2.52. The van der Waals surface area contributed by atoms with Gasteiger partial charge in [-0.3, -0.25) is 0 Å². The molecule has 0 saturated carbocycles. The lowest BCUT2D eigenvalue weighted by atomic mass is 10.2. The summed E-state index contributed by atoms with van der Waals surface area (Å²) in [5, 5.41) is 0. The average Bonchev–Trinajstić information content (AvgIpc) is 2.46. The van der Waals surface area contributed by atoms with Gasteiger partial charge in [0.1, 0.15) is 11.4 Å². The maximum absolute atomic E-state index is 12.2. The molecule has 0 amide bonds. The number of hydrogen-bond acceptors (Lipinski definition) is 6. The maximum atomic E-state index is 12.2. The molecule has 1 aromatic rings. The number of ether oxygens (including phenoxy) is 2. The standard InChI is InChI=1S/C16H25N3O3/c1-12(2)22-16(20)14-6-5-7-17-15(14)19-8-9-21-13(11-19)10-18(3)4/h5-7,12-13H,8-11H2,1-4H3. The summed E-state index contributed by atoms with van der Waals surface area (Å²) < 4.78 is 11.1. The van der Waals surface area contributed by atoms with Gasteiger partial charge in [-0.05, 0) is 40.1 Å². The van der Waals surface area contributed by atoms with Crippen LogP contribution in [0.2, 0.25) is 0 Å². The summed E-state index contributed by atoms with van der Waals surface area (Å²) in [6.45, 7) is 6.61. The predicted octanol–water partition coefficient (Wildman–Crippen LogP) is 1.41. The fraction of sp³-hybridized carbons (Fsp3) is 0.625. The summed E-state index contributed by atoms with van der Waals surface area (Å²) in [7, 11) is 4.04. The Bertz CT molecular complexity index is 505. The van der Waals surface area contributed by atoms with Crippen LogP contribution in [-0.2, 0) is 9.47 Å². The molecule has 0 bridgehead atoms. The van der Waals surface area contributed by atoms with Crippen molar-refractivity contribution in [3.63, 3.8) is 0 Å². The van der Waals surface area contributed by atoms with E-state index in [1.165, 1.54) is 0 Å². The lowest BCUT2D eigenvalue weighted by Gasteiger charge is -2.35. The molecular weight excluding hydrogens is 282 g/mol. The number of carbonyl (C=O) groups is 1. The monoisotopic (exact) mass is 307 g/mol. The third-order valence-electron chi connectivity index (χ3n) is 3.36. The number of aromatic nitrogens is 1. The Balaban J connectivity index is 2.15. The van der Waals surface area contributed by atoms with E-state index in [1.54, 1.807) is 18.3 Å². The van der Waals surface area contributed by atoms with Crippen LogP contribution in [0.15, 0.2) is 18.3 Å². The van der Waals surface area contributed by atoms with Crippen LogP contribution >= 0.6 is 0 Å². The second kappa shape index (κ2) is 7.56. The van der Waals surface area contributed by atoms with E-state index in [1.807, 2.05) is 27.9 Å². The number of carbonyl (C=O) groups excluding carboxylic acids is 1. The molecule has 1 atom stereocenters. The quantitative estimate of drug-likeness (QED) is 0.767. The summed E-state index contributed by atoms with van der Waals surface area (Å²) in [5.74, 6) is 0.356. The summed E-state index contributed by atoms with van der Waals surface area (Å²) >= 11 is 0. The van der Waals surface area contributed by atoms with Crippen molar-refractivity contribution >= 4 is 11.8 Å². The minimum absolute atomic E-state index is 0.111. The normalized spacial score (nSPS) is 18.8. The number of likely N-dealkylation sites (N-methyl/N-ethyl adjacent to an activating group) is 1. The van der Waals surface area contributed by atoms with E-state index in [0.717, 1.165) is 19.6 Å². The first kappa shape index (κ1) is 16.7. The topological polar surface area (TPSA) is 54.9 Å². The molecule has 1 unspecified atom stereocenters. The molecule has 1 fully saturated rings. The zero-order chi connectivity index (χ0) is 16.1. The smallest absolute Gasteiger partial charge is 0.342 e. The molecule has 2 heterocycles. The molecule has 1 aliphatic rings. The Labute approximate surface area is 132 Å². The van der Waals surface area contributed by atoms with Gasteiger partial charge in [-0.1, -0.05) is 0 Å². The van der Waals surface area contributed by atoms with E-state index in [4.69, 9.17) is 9.47 Å². The molecule has 0 N–H and O–H groups in total. The fourth-order valence-electron chi connectivity index (χ4n) is 2.52. The van der Waals surface area contributed by atoms with Crippen molar-refractivity contribution in [1.82, 2.24) is 9.88 Å². The number of pyridine rings is 1. The highest BCUT2D eigenvalue weighted by Crippen LogP contribution is 2.21. The summed E-state index contributed by atoms with van der Waals surface area (Å²) in [6, 6.07) is 3.53. The number of morpholine rings is 1. The summed E-state index contributed by atoms with van der Waals surface area (Å²) in [6.07, 6.45) is 1.67. The van der Waals surface area contributed by atoms with Gasteiger partial charge in [-0.15, -0.1) is 0 Å². The van der Waals surface area contributed by atoms with E-state index in [2.05, 4.69) is 14.8 Å². The van der Waals surface area contributed by atoms with E-state index < -0.39 is 0 Å². The van der Waals surface area contributed by atoms with Crippen molar-refractivity contribution in [2.24, 2.45) is 0 Å². The Kier molecular flexibility index (Phi) is 5.74. The molecular formula is C16H25N3O3. The average molecular weight is 307 g/mol. The molecule has 6 heteroatoms. The van der Waals surface area contributed by atoms with Crippen LogP contribution in [0.4, 0.5) is 5.82 Å². The molecule has 0 radical (unpaired) electrons. The van der Waals surface area contributed by atoms with Crippen molar-refractivity contribution in [3.8, 4) is 0 Å². The van der Waals surface area contributed by atoms with Gasteiger partial charge in [-0.2, -0.15) is 0 Å². The van der Waals surface area contributed by atoms with E-state index in [0.29, 0.717) is 18.0 Å². The second-order valence-corrected chi connectivity index (χ2v) is 6.03. The molecule has 0 aromatic carbocycles. The molecule has 6 nitrogen and oxygen atoms in total. The highest BCUT2D eigenvalue weighted by molar-refractivity contribution is 5.94. The lowest BCUT2D eigenvalue weighted by Crippen LogP contribution is -2.47. The zero-order valence-electron chi connectivity index (χ0n) is 13.8. The first-order valence-corrected chi connectivity index (χ1v) is 7.64. The molecule has 0 spiro atoms. The number of nitrogens with zero attached hydrogens (tertiary/aromatic N) is 3. The van der Waals surface area contributed by atoms with Crippen molar-refractivity contribution in [2.75, 3.05) is 45.2 Å². The highest BCUT2D eigenvalue weighted by Gasteiger charge is 2.26. The van der Waals surface area contributed by atoms with Gasteiger partial charge in [0, 0.05) is 25.8 Å². The molecule has 122 valence electrons. The third kappa shape index (κ3) is 4.42. The van der Waals surface area contributed by atoms with Crippen molar-refractivity contribution in [3.05, 3.63) is 23.9 Å². The minimum Gasteiger partial charge on any atom is -0.459 e. The highest BCUT2D eigenvalue weighted by atomic mass is 16.5. The zero-order valence-corrected chi connectivity index (χ0v) is 13.8. The Morgan fingerprint density at radius 2 is 2.32 bits per heavy atom. The Morgan fingerprint density at radius 3 is 3.00 bits per heavy atom. The first-order valence-electron chi connectivity index (χ1n) is 7.64. The molecule has 0 aliphatic carbocycles. The van der Waals surface area contributed by atoms with Crippen molar-refractivity contribution < 1.29 is 14.3 Å². The van der Waals surface area contributed by atoms with Gasteiger partial charge < -0.3 is 19.3 Å². The van der Waals surface area contributed by atoms with Gasteiger partial charge in [-0.25, -0.2) is 9.78 Å². The van der Waals surface area contributed by atoms with E-state index in [9.17, 15) is 4.79 Å². The van der Waals surface area contributed by atoms with Crippen LogP contribution in [0.1, 0.15) is 24.2 Å². The van der Waals surface area contributed by atoms with Crippen LogP contribution < -0.4 is 4.90 Å². The van der Waals surface area contributed by atoms with Crippen molar-refractivity contribution in [1.29, 1.82) is 0 Å². The molecule has 22 heavy (non-hydrogen) atoms. The number of hydrogen-bond donors (Lipinski definition) is 0. The van der Waals surface area contributed by atoms with Crippen LogP contribution in [0.25, 0.3) is 0 Å².